The second-order valence-corrected chi connectivity index (χ2v) is 14.5. The van der Waals surface area contributed by atoms with E-state index in [1.54, 1.807) is 0 Å². The first-order chi connectivity index (χ1) is 21.7. The van der Waals surface area contributed by atoms with Crippen LogP contribution in [0.3, 0.4) is 0 Å². The maximum absolute atomic E-state index is 11.0. The molecule has 16 N–H and O–H groups in total. The van der Waals surface area contributed by atoms with Crippen LogP contribution in [0.1, 0.15) is 25.7 Å². The largest absolute Gasteiger partial charge is 1.00 e. The van der Waals surface area contributed by atoms with Gasteiger partial charge in [-0.15, -0.1) is 0 Å². The van der Waals surface area contributed by atoms with Crippen molar-refractivity contribution in [3.05, 3.63) is 0 Å². The van der Waals surface area contributed by atoms with Crippen molar-refractivity contribution in [2.45, 2.75) is 87.7 Å². The molecule has 3 aliphatic rings. The Morgan fingerprint density at radius 1 is 0.604 bits per heavy atom. The molecule has 10 atom stereocenters. The maximum atomic E-state index is 11.0. The maximum Gasteiger partial charge on any atom is 1.00 e. The van der Waals surface area contributed by atoms with E-state index in [2.05, 4.69) is 63.8 Å². The molecule has 0 aromatic carbocycles. The Balaban J connectivity index is 0.00000576. The molecule has 2 heterocycles. The predicted octanol–water partition coefficient (Wildman–Crippen LogP) is -15.1. The molecule has 10 unspecified atom stereocenters. The van der Waals surface area contributed by atoms with Gasteiger partial charge in [0.05, 0.1) is 57.2 Å². The minimum absolute atomic E-state index is 0. The summed E-state index contributed by atoms with van der Waals surface area (Å²) in [4.78, 5) is 0. The summed E-state index contributed by atoms with van der Waals surface area (Å²) in [7, 11) is -8.81. The monoisotopic (exact) mass is 752 g/mol. The molecule has 272 valence electrons. The summed E-state index contributed by atoms with van der Waals surface area (Å²) < 4.78 is 66.2. The molecule has 3 rings (SSSR count). The van der Waals surface area contributed by atoms with Gasteiger partial charge in [0, 0.05) is 38.3 Å². The molecule has 0 radical (unpaired) electrons. The van der Waals surface area contributed by atoms with E-state index in [9.17, 15) is 36.2 Å². The fourth-order valence-electron chi connectivity index (χ4n) is 5.21. The van der Waals surface area contributed by atoms with Crippen LogP contribution in [0.4, 0.5) is 0 Å². The van der Waals surface area contributed by atoms with Gasteiger partial charge in [-0.05, 0) is 19.3 Å². The van der Waals surface area contributed by atoms with Crippen molar-refractivity contribution in [1.82, 2.24) is 63.8 Å². The number of rotatable bonds is 20. The van der Waals surface area contributed by atoms with Gasteiger partial charge in [0.15, 0.2) is 0 Å². The van der Waals surface area contributed by atoms with Crippen molar-refractivity contribution in [1.29, 1.82) is 0 Å². The van der Waals surface area contributed by atoms with Crippen LogP contribution in [0.15, 0.2) is 0 Å². The summed E-state index contributed by atoms with van der Waals surface area (Å²) >= 11 is 0. The van der Waals surface area contributed by atoms with Crippen LogP contribution in [0.25, 0.3) is 0 Å². The third-order valence-electron chi connectivity index (χ3n) is 7.42. The molecule has 2 saturated heterocycles. The van der Waals surface area contributed by atoms with E-state index in [4.69, 9.17) is 10.2 Å². The van der Waals surface area contributed by atoms with Gasteiger partial charge in [0.25, 0.3) is 0 Å². The van der Waals surface area contributed by atoms with Gasteiger partial charge < -0.3 is 29.5 Å². The first-order valence-electron chi connectivity index (χ1n) is 15.2. The van der Waals surface area contributed by atoms with Gasteiger partial charge in [0.2, 0.25) is 0 Å². The zero-order valence-corrected chi connectivity index (χ0v) is 32.9. The van der Waals surface area contributed by atoms with Gasteiger partial charge in [-0.3, -0.25) is 63.8 Å². The summed E-state index contributed by atoms with van der Waals surface area (Å²) in [6, 6.07) is 0.0412. The van der Waals surface area contributed by atoms with Gasteiger partial charge in [-0.25, -0.2) is 16.8 Å². The molecule has 22 nitrogen and oxygen atoms in total. The third-order valence-corrected chi connectivity index (χ3v) is 8.82. The molecule has 0 spiro atoms. The molecule has 2 aliphatic heterocycles. The number of aliphatic hydroxyl groups is 4. The molecule has 1 aliphatic carbocycles. The Hall–Kier alpha value is 1.18. The summed E-state index contributed by atoms with van der Waals surface area (Å²) in [6.07, 6.45) is -2.01. The quantitative estimate of drug-likeness (QED) is 0.0405. The third kappa shape index (κ3) is 19.9. The zero-order chi connectivity index (χ0) is 33.7. The summed E-state index contributed by atoms with van der Waals surface area (Å²) in [5.41, 5.74) is 0. The van der Waals surface area contributed by atoms with E-state index >= 15 is 0 Å². The van der Waals surface area contributed by atoms with E-state index < -0.39 is 94.9 Å². The van der Waals surface area contributed by atoms with Crippen molar-refractivity contribution in [3.8, 4) is 0 Å². The first-order valence-corrected chi connectivity index (χ1v) is 18.3. The van der Waals surface area contributed by atoms with E-state index in [1.165, 1.54) is 0 Å². The number of aliphatic hydroxyl groups excluding tert-OH is 4. The number of nitrogens with one attached hydrogen (secondary N) is 12. The van der Waals surface area contributed by atoms with Crippen molar-refractivity contribution in [2.75, 3.05) is 50.9 Å². The first kappa shape index (κ1) is 47.2. The van der Waals surface area contributed by atoms with Crippen LogP contribution < -0.4 is 123 Å². The number of hydrogen-bond acceptors (Lipinski definition) is 22. The second kappa shape index (κ2) is 23.8. The van der Waals surface area contributed by atoms with Gasteiger partial charge in [0.1, 0.15) is 37.7 Å². The van der Waals surface area contributed by atoms with E-state index in [0.717, 1.165) is 19.3 Å². The van der Waals surface area contributed by atoms with Crippen molar-refractivity contribution in [3.63, 3.8) is 0 Å². The van der Waals surface area contributed by atoms with Gasteiger partial charge in [-0.1, -0.05) is 6.42 Å². The van der Waals surface area contributed by atoms with Crippen LogP contribution in [-0.4, -0.2) is 159 Å². The minimum atomic E-state index is -4.41. The predicted molar refractivity (Wildman–Crippen MR) is 161 cm³/mol. The fraction of sp³-hybridized carbons (Fsp3) is 1.00. The smallest absolute Gasteiger partial charge is 0.748 e. The Labute approximate surface area is 325 Å². The topological polar surface area (TPSA) is 340 Å². The van der Waals surface area contributed by atoms with Crippen LogP contribution in [-0.2, 0) is 20.2 Å². The van der Waals surface area contributed by atoms with Gasteiger partial charge in [-0.2, -0.15) is 0 Å². The standard InChI is InChI=1S/C22H52N12O10S2.2Na/c35-11-15(37)9-25-19-29-17(23-4-6-45(39,40)41)31-21(33-19)27-13-2-1-3-14(8-13)28-22-32-18(24-5-7-46(42,43)44)30-20(34-22)26-10-16(38)12-36;;/h13-38H,1-12H2,(H,39,40,41)(H,42,43,44);;/q;2*+1/p-2. The second-order valence-electron chi connectivity index (χ2n) is 11.4. The van der Waals surface area contributed by atoms with E-state index in [0.29, 0.717) is 6.42 Å². The molecule has 1 saturated carbocycles. The average molecular weight is 753 g/mol. The molecule has 3 fully saturated rings. The van der Waals surface area contributed by atoms with Crippen LogP contribution >= 0.6 is 0 Å². The Morgan fingerprint density at radius 3 is 1.27 bits per heavy atom. The summed E-state index contributed by atoms with van der Waals surface area (Å²) in [5.74, 6) is -1.19. The molecule has 26 heteroatoms. The zero-order valence-electron chi connectivity index (χ0n) is 27.3. The van der Waals surface area contributed by atoms with Crippen LogP contribution in [0.5, 0.6) is 0 Å². The van der Waals surface area contributed by atoms with Crippen molar-refractivity contribution >= 4 is 20.2 Å². The summed E-state index contributed by atoms with van der Waals surface area (Å²) in [5, 5.41) is 75.8. The Kier molecular flexibility index (Phi) is 23.4. The fourth-order valence-corrected chi connectivity index (χ4v) is 5.95. The molecule has 48 heavy (non-hydrogen) atoms. The van der Waals surface area contributed by atoms with Crippen molar-refractivity contribution < 1.29 is 105 Å². The van der Waals surface area contributed by atoms with Gasteiger partial charge >= 0.3 is 59.1 Å². The van der Waals surface area contributed by atoms with E-state index in [1.807, 2.05) is 0 Å². The SMILES string of the molecule is O=S(=O)([O-])CCNC1NC(NCC(O)CO)NC(NC2CCCC(NC3NC(NCCS(=O)(=O)[O-])NC(NCC(O)CO)N3)C2)N1.[Na+].[Na+]. The molecule has 0 aromatic heterocycles. The van der Waals surface area contributed by atoms with Crippen LogP contribution in [0, 0.1) is 0 Å². The normalized spacial score (nSPS) is 31.3. The Bertz CT molecular complexity index is 1030. The molecule has 0 amide bonds. The number of hydrogen-bond donors (Lipinski definition) is 16. The minimum Gasteiger partial charge on any atom is -0.748 e. The van der Waals surface area contributed by atoms with Crippen molar-refractivity contribution in [2.24, 2.45) is 0 Å². The van der Waals surface area contributed by atoms with Crippen LogP contribution in [0.2, 0.25) is 0 Å². The average Bonchev–Trinajstić information content (AvgIpc) is 2.97. The molecule has 0 bridgehead atoms. The molecule has 0 aromatic rings. The molecular weight excluding hydrogens is 702 g/mol. The molecular formula is C22H50N12Na2O10S2. The Morgan fingerprint density at radius 2 is 0.938 bits per heavy atom. The van der Waals surface area contributed by atoms with E-state index in [-0.39, 0.29) is 97.4 Å². The summed E-state index contributed by atoms with van der Waals surface area (Å²) in [6.45, 7) is -0.923.